The maximum absolute atomic E-state index is 11.3. The number of rotatable bonds is 8. The highest BCUT2D eigenvalue weighted by molar-refractivity contribution is 6.74. The molecule has 0 bridgehead atoms. The van der Waals surface area contributed by atoms with Gasteiger partial charge in [-0.1, -0.05) is 27.7 Å². The Morgan fingerprint density at radius 1 is 1.29 bits per heavy atom. The minimum atomic E-state index is -2.19. The minimum Gasteiger partial charge on any atom is -0.466 e. The average Bonchev–Trinajstić information content (AvgIpc) is 2.94. The Labute approximate surface area is 170 Å². The van der Waals surface area contributed by atoms with Gasteiger partial charge in [-0.15, -0.1) is 0 Å². The van der Waals surface area contributed by atoms with Gasteiger partial charge < -0.3 is 28.8 Å². The summed E-state index contributed by atoms with van der Waals surface area (Å²) in [5.41, 5.74) is 0. The van der Waals surface area contributed by atoms with Gasteiger partial charge in [-0.3, -0.25) is 0 Å². The van der Waals surface area contributed by atoms with E-state index >= 15 is 0 Å². The molecule has 164 valence electrons. The van der Waals surface area contributed by atoms with Crippen molar-refractivity contribution >= 4 is 14.3 Å². The van der Waals surface area contributed by atoms with Gasteiger partial charge in [0.1, 0.15) is 6.10 Å². The van der Waals surface area contributed by atoms with Gasteiger partial charge in [0, 0.05) is 12.0 Å². The summed E-state index contributed by atoms with van der Waals surface area (Å²) in [4.78, 5) is 11.3. The number of carbonyl (C=O) groups is 1. The zero-order chi connectivity index (χ0) is 21.9. The van der Waals surface area contributed by atoms with E-state index in [2.05, 4.69) is 38.6 Å². The molecule has 2 N–H and O–H groups in total. The molecule has 1 saturated heterocycles. The number of methoxy groups -OCH3 is 1. The Hall–Kier alpha value is -0.773. The summed E-state index contributed by atoms with van der Waals surface area (Å²) in [6, 6.07) is 0. The lowest BCUT2D eigenvalue weighted by molar-refractivity contribution is -0.159. The van der Waals surface area contributed by atoms with Gasteiger partial charge in [0.05, 0.1) is 32.0 Å². The highest BCUT2D eigenvalue weighted by Gasteiger charge is 2.47. The topological polar surface area (TPSA) is 94.5 Å². The summed E-state index contributed by atoms with van der Waals surface area (Å²) in [5, 5.41) is 21.0. The molecule has 0 aromatic heterocycles. The summed E-state index contributed by atoms with van der Waals surface area (Å²) < 4.78 is 22.9. The molecule has 5 atom stereocenters. The number of esters is 1. The predicted octanol–water partition coefficient (Wildman–Crippen LogP) is 2.62. The monoisotopic (exact) mass is 418 g/mol. The second-order valence-corrected chi connectivity index (χ2v) is 14.2. The fourth-order valence-corrected chi connectivity index (χ4v) is 4.18. The zero-order valence-electron chi connectivity index (χ0n) is 18.7. The summed E-state index contributed by atoms with van der Waals surface area (Å²) in [6.07, 6.45) is -0.906. The quantitative estimate of drug-likeness (QED) is 0.355. The Balaban J connectivity index is 3.06. The largest absolute Gasteiger partial charge is 0.466 e. The second-order valence-electron chi connectivity index (χ2n) is 9.43. The molecule has 1 rings (SSSR count). The van der Waals surface area contributed by atoms with Crippen molar-refractivity contribution in [2.75, 3.05) is 13.7 Å². The molecule has 0 spiro atoms. The van der Waals surface area contributed by atoms with Gasteiger partial charge in [0.2, 0.25) is 0 Å². The van der Waals surface area contributed by atoms with Crippen molar-refractivity contribution < 1.29 is 33.6 Å². The Morgan fingerprint density at radius 3 is 2.29 bits per heavy atom. The summed E-state index contributed by atoms with van der Waals surface area (Å²) in [5.74, 6) is -1.79. The van der Waals surface area contributed by atoms with Crippen LogP contribution in [0.5, 0.6) is 0 Å². The van der Waals surface area contributed by atoms with Gasteiger partial charge in [-0.25, -0.2) is 4.79 Å². The third-order valence-corrected chi connectivity index (χ3v) is 10.1. The number of carbonyl (C=O) groups excluding carboxylic acids is 1. The van der Waals surface area contributed by atoms with Crippen molar-refractivity contribution in [3.05, 3.63) is 12.2 Å². The first-order valence-electron chi connectivity index (χ1n) is 9.73. The predicted molar refractivity (Wildman–Crippen MR) is 109 cm³/mol. The van der Waals surface area contributed by atoms with Crippen LogP contribution in [-0.2, 0) is 23.4 Å². The van der Waals surface area contributed by atoms with Gasteiger partial charge in [0.25, 0.3) is 0 Å². The molecule has 0 aliphatic carbocycles. The van der Waals surface area contributed by atoms with Gasteiger partial charge >= 0.3 is 5.97 Å². The van der Waals surface area contributed by atoms with E-state index in [9.17, 15) is 15.0 Å². The number of ether oxygens (including phenoxy) is 3. The first-order valence-corrected chi connectivity index (χ1v) is 12.6. The average molecular weight is 419 g/mol. The van der Waals surface area contributed by atoms with E-state index < -0.39 is 44.3 Å². The summed E-state index contributed by atoms with van der Waals surface area (Å²) in [7, 11) is -0.937. The normalized spacial score (nSPS) is 24.8. The van der Waals surface area contributed by atoms with Crippen LogP contribution < -0.4 is 0 Å². The van der Waals surface area contributed by atoms with Crippen LogP contribution >= 0.6 is 0 Å². The molecule has 1 aliphatic rings. The van der Waals surface area contributed by atoms with Gasteiger partial charge in [0.15, 0.2) is 14.1 Å². The van der Waals surface area contributed by atoms with Crippen LogP contribution in [-0.4, -0.2) is 68.4 Å². The fraction of sp³-hybridized carbons (Fsp3) is 0.850. The lowest BCUT2D eigenvalue weighted by Crippen LogP contribution is -2.53. The zero-order valence-corrected chi connectivity index (χ0v) is 19.7. The summed E-state index contributed by atoms with van der Waals surface area (Å²) >= 11 is 0. The first kappa shape index (κ1) is 25.3. The van der Waals surface area contributed by atoms with Gasteiger partial charge in [-0.05, 0) is 38.1 Å². The van der Waals surface area contributed by atoms with Crippen molar-refractivity contribution in [1.82, 2.24) is 0 Å². The lowest BCUT2D eigenvalue weighted by Gasteiger charge is -2.43. The van der Waals surface area contributed by atoms with Gasteiger partial charge in [-0.2, -0.15) is 0 Å². The lowest BCUT2D eigenvalue weighted by atomic mass is 9.91. The van der Waals surface area contributed by atoms with E-state index in [-0.39, 0.29) is 11.1 Å². The highest BCUT2D eigenvalue weighted by atomic mass is 28.4. The molecule has 1 fully saturated rings. The van der Waals surface area contributed by atoms with Crippen LogP contribution in [0.4, 0.5) is 0 Å². The third kappa shape index (κ3) is 6.64. The second kappa shape index (κ2) is 9.36. The third-order valence-electron chi connectivity index (χ3n) is 5.67. The first-order chi connectivity index (χ1) is 12.6. The molecule has 28 heavy (non-hydrogen) atoms. The number of hydrogen-bond donors (Lipinski definition) is 2. The molecule has 1 aliphatic heterocycles. The molecule has 0 saturated carbocycles. The Morgan fingerprint density at radius 2 is 1.86 bits per heavy atom. The molecule has 0 aromatic rings. The van der Waals surface area contributed by atoms with Crippen LogP contribution in [0.3, 0.4) is 0 Å². The maximum atomic E-state index is 11.3. The number of aliphatic hydroxyl groups is 2. The van der Waals surface area contributed by atoms with Crippen LogP contribution in [0, 0.1) is 5.92 Å². The molecular weight excluding hydrogens is 380 g/mol. The fourth-order valence-electron chi connectivity index (χ4n) is 2.78. The van der Waals surface area contributed by atoms with E-state index in [0.717, 1.165) is 6.08 Å². The molecule has 8 heteroatoms. The summed E-state index contributed by atoms with van der Waals surface area (Å²) in [6.45, 7) is 16.5. The van der Waals surface area contributed by atoms with Crippen LogP contribution in [0.25, 0.3) is 0 Å². The smallest absolute Gasteiger partial charge is 0.330 e. The molecular formula is C20H38O7Si. The molecule has 0 radical (unpaired) electrons. The number of aliphatic hydroxyl groups excluding tert-OH is 2. The van der Waals surface area contributed by atoms with Crippen molar-refractivity contribution in [3.63, 3.8) is 0 Å². The van der Waals surface area contributed by atoms with Crippen LogP contribution in [0.2, 0.25) is 18.1 Å². The molecule has 7 nitrogen and oxygen atoms in total. The highest BCUT2D eigenvalue weighted by Crippen LogP contribution is 2.40. The van der Waals surface area contributed by atoms with Crippen molar-refractivity contribution in [2.45, 2.75) is 89.9 Å². The van der Waals surface area contributed by atoms with E-state index in [1.165, 1.54) is 13.2 Å². The Bertz CT molecular complexity index is 553. The molecule has 0 amide bonds. The van der Waals surface area contributed by atoms with Crippen molar-refractivity contribution in [2.24, 2.45) is 5.92 Å². The van der Waals surface area contributed by atoms with E-state index in [1.54, 1.807) is 0 Å². The standard InChI is InChI=1S/C20H38O7Si/c1-13(17(23)14(21)10-11-16(22)24-7)18(15-12-25-20(5,6)26-15)27-28(8,9)19(2,3)4/h10-11,13-15,17-18,21,23H,12H2,1-9H3/b11-10+/t13-,14+,15-,17+,18-/m1/s1. The molecule has 0 unspecified atom stereocenters. The van der Waals surface area contributed by atoms with E-state index in [0.29, 0.717) is 6.61 Å². The Kier molecular flexibility index (Phi) is 8.45. The molecule has 0 aromatic carbocycles. The minimum absolute atomic E-state index is 0.0334. The van der Waals surface area contributed by atoms with Crippen LogP contribution in [0.15, 0.2) is 12.2 Å². The SMILES string of the molecule is COC(=O)/C=C/[C@H](O)[C@@H](O)[C@@H](C)[C@@H](O[Si](C)(C)C(C)(C)C)[C@H]1COC(C)(C)O1. The van der Waals surface area contributed by atoms with Crippen molar-refractivity contribution in [3.8, 4) is 0 Å². The van der Waals surface area contributed by atoms with E-state index in [4.69, 9.17) is 13.9 Å². The van der Waals surface area contributed by atoms with Crippen molar-refractivity contribution in [1.29, 1.82) is 0 Å². The maximum Gasteiger partial charge on any atom is 0.330 e. The number of hydrogen-bond acceptors (Lipinski definition) is 7. The van der Waals surface area contributed by atoms with E-state index in [1.807, 2.05) is 20.8 Å². The van der Waals surface area contributed by atoms with Crippen LogP contribution in [0.1, 0.15) is 41.5 Å². The molecule has 1 heterocycles.